The quantitative estimate of drug-likeness (QED) is 0.689. The van der Waals surface area contributed by atoms with Crippen molar-refractivity contribution >= 4 is 5.91 Å². The van der Waals surface area contributed by atoms with E-state index in [9.17, 15) is 18.0 Å². The summed E-state index contributed by atoms with van der Waals surface area (Å²) < 4.78 is 36.6. The third kappa shape index (κ3) is 3.87. The third-order valence-corrected chi connectivity index (χ3v) is 2.68. The highest BCUT2D eigenvalue weighted by molar-refractivity contribution is 5.79. The van der Waals surface area contributed by atoms with Gasteiger partial charge in [-0.2, -0.15) is 13.2 Å². The average Bonchev–Trinajstić information content (AvgIpc) is 2.25. The van der Waals surface area contributed by atoms with Crippen LogP contribution in [0.3, 0.4) is 0 Å². The molecule has 0 heterocycles. The fourth-order valence-corrected chi connectivity index (χ4v) is 1.84. The number of hydrogen-bond acceptors (Lipinski definition) is 1. The van der Waals surface area contributed by atoms with Crippen LogP contribution in [-0.4, -0.2) is 30.1 Å². The Labute approximate surface area is 93.1 Å². The zero-order valence-electron chi connectivity index (χ0n) is 9.26. The van der Waals surface area contributed by atoms with E-state index in [-0.39, 0.29) is 18.4 Å². The highest BCUT2D eigenvalue weighted by Gasteiger charge is 2.34. The molecule has 0 bridgehead atoms. The van der Waals surface area contributed by atoms with Crippen molar-refractivity contribution < 1.29 is 18.0 Å². The summed E-state index contributed by atoms with van der Waals surface area (Å²) in [6.07, 6.45) is 1.52. The Hall–Kier alpha value is -1.00. The van der Waals surface area contributed by atoms with E-state index in [0.717, 1.165) is 11.3 Å². The normalized spacial score (nSPS) is 20.9. The van der Waals surface area contributed by atoms with E-state index in [1.165, 1.54) is 0 Å². The summed E-state index contributed by atoms with van der Waals surface area (Å²) in [5.74, 6) is -0.642. The zero-order valence-corrected chi connectivity index (χ0v) is 9.26. The molecular weight excluding hydrogens is 219 g/mol. The Bertz CT molecular complexity index is 273. The van der Waals surface area contributed by atoms with Crippen LogP contribution in [0.15, 0.2) is 12.2 Å². The Kier molecular flexibility index (Phi) is 4.38. The van der Waals surface area contributed by atoms with Crippen LogP contribution in [-0.2, 0) is 4.79 Å². The molecule has 0 fully saturated rings. The second-order valence-corrected chi connectivity index (χ2v) is 3.95. The lowest BCUT2D eigenvalue weighted by molar-refractivity contribution is -0.163. The molecule has 0 spiro atoms. The molecule has 0 aliphatic heterocycles. The lowest BCUT2D eigenvalue weighted by Gasteiger charge is -2.27. The van der Waals surface area contributed by atoms with Gasteiger partial charge in [-0.1, -0.05) is 12.2 Å². The van der Waals surface area contributed by atoms with E-state index in [1.54, 1.807) is 6.92 Å². The summed E-state index contributed by atoms with van der Waals surface area (Å²) >= 11 is 0. The van der Waals surface area contributed by atoms with Gasteiger partial charge in [-0.25, -0.2) is 0 Å². The Morgan fingerprint density at radius 1 is 1.44 bits per heavy atom. The molecule has 0 aromatic rings. The number of rotatable bonds is 3. The summed E-state index contributed by atoms with van der Waals surface area (Å²) in [7, 11) is 0. The van der Waals surface area contributed by atoms with Gasteiger partial charge in [-0.3, -0.25) is 4.79 Å². The summed E-state index contributed by atoms with van der Waals surface area (Å²) in [4.78, 5) is 12.7. The van der Waals surface area contributed by atoms with E-state index in [4.69, 9.17) is 0 Å². The van der Waals surface area contributed by atoms with Crippen molar-refractivity contribution in [3.63, 3.8) is 0 Å². The smallest absolute Gasteiger partial charge is 0.334 e. The highest BCUT2D eigenvalue weighted by Crippen LogP contribution is 2.23. The summed E-state index contributed by atoms with van der Waals surface area (Å²) in [6.45, 7) is 0.545. The molecule has 1 atom stereocenters. The maximum absolute atomic E-state index is 12.2. The van der Waals surface area contributed by atoms with Gasteiger partial charge < -0.3 is 4.90 Å². The second kappa shape index (κ2) is 5.37. The SMILES string of the molecule is CCN(CC(F)(F)F)C(=O)C1CC=CCC1. The summed E-state index contributed by atoms with van der Waals surface area (Å²) in [5.41, 5.74) is 0. The maximum Gasteiger partial charge on any atom is 0.406 e. The van der Waals surface area contributed by atoms with E-state index >= 15 is 0 Å². The molecule has 1 rings (SSSR count). The second-order valence-electron chi connectivity index (χ2n) is 3.95. The molecule has 1 aliphatic rings. The van der Waals surface area contributed by atoms with Gasteiger partial charge in [0.05, 0.1) is 0 Å². The van der Waals surface area contributed by atoms with Crippen molar-refractivity contribution in [1.29, 1.82) is 0 Å². The van der Waals surface area contributed by atoms with Gasteiger partial charge in [-0.15, -0.1) is 0 Å². The number of carbonyl (C=O) groups is 1. The van der Waals surface area contributed by atoms with Crippen LogP contribution in [0.25, 0.3) is 0 Å². The fraction of sp³-hybridized carbons (Fsp3) is 0.727. The van der Waals surface area contributed by atoms with Gasteiger partial charge in [0.1, 0.15) is 6.54 Å². The van der Waals surface area contributed by atoms with Gasteiger partial charge in [0.15, 0.2) is 0 Å². The maximum atomic E-state index is 12.2. The molecule has 5 heteroatoms. The molecule has 0 saturated heterocycles. The van der Waals surface area contributed by atoms with Crippen LogP contribution in [0.2, 0.25) is 0 Å². The van der Waals surface area contributed by atoms with Gasteiger partial charge in [0, 0.05) is 12.5 Å². The number of alkyl halides is 3. The van der Waals surface area contributed by atoms with Crippen molar-refractivity contribution in [2.75, 3.05) is 13.1 Å². The minimum Gasteiger partial charge on any atom is -0.334 e. The van der Waals surface area contributed by atoms with Crippen molar-refractivity contribution in [1.82, 2.24) is 4.90 Å². The fourth-order valence-electron chi connectivity index (χ4n) is 1.84. The van der Waals surface area contributed by atoms with E-state index in [1.807, 2.05) is 12.2 Å². The Balaban J connectivity index is 2.58. The molecule has 1 unspecified atom stereocenters. The van der Waals surface area contributed by atoms with Crippen LogP contribution in [0, 0.1) is 5.92 Å². The lowest BCUT2D eigenvalue weighted by atomic mass is 9.93. The van der Waals surface area contributed by atoms with Gasteiger partial charge >= 0.3 is 6.18 Å². The van der Waals surface area contributed by atoms with Crippen LogP contribution < -0.4 is 0 Å². The first-order valence-electron chi connectivity index (χ1n) is 5.44. The van der Waals surface area contributed by atoms with Crippen LogP contribution >= 0.6 is 0 Å². The summed E-state index contributed by atoms with van der Waals surface area (Å²) in [6, 6.07) is 0. The van der Waals surface area contributed by atoms with E-state index in [0.29, 0.717) is 12.8 Å². The first-order chi connectivity index (χ1) is 7.44. The monoisotopic (exact) mass is 235 g/mol. The third-order valence-electron chi connectivity index (χ3n) is 2.68. The first-order valence-corrected chi connectivity index (χ1v) is 5.44. The molecular formula is C11H16F3NO. The van der Waals surface area contributed by atoms with Crippen LogP contribution in [0.5, 0.6) is 0 Å². The summed E-state index contributed by atoms with van der Waals surface area (Å²) in [5, 5.41) is 0. The minimum absolute atomic E-state index is 0.110. The molecule has 0 aromatic heterocycles. The predicted octanol–water partition coefficient (Wildman–Crippen LogP) is 2.75. The topological polar surface area (TPSA) is 20.3 Å². The molecule has 1 amide bonds. The number of hydrogen-bond donors (Lipinski definition) is 0. The van der Waals surface area contributed by atoms with Gasteiger partial charge in [-0.05, 0) is 26.2 Å². The van der Waals surface area contributed by atoms with E-state index < -0.39 is 12.7 Å². The minimum atomic E-state index is -4.31. The first kappa shape index (κ1) is 13.1. The average molecular weight is 235 g/mol. The van der Waals surface area contributed by atoms with Gasteiger partial charge in [0.25, 0.3) is 0 Å². The van der Waals surface area contributed by atoms with Crippen LogP contribution in [0.1, 0.15) is 26.2 Å². The number of halogens is 3. The Morgan fingerprint density at radius 2 is 2.12 bits per heavy atom. The molecule has 0 N–H and O–H groups in total. The standard InChI is InChI=1S/C11H16F3NO/c1-2-15(8-11(12,13)14)10(16)9-6-4-3-5-7-9/h3-4,9H,2,5-8H2,1H3. The number of carbonyl (C=O) groups excluding carboxylic acids is 1. The zero-order chi connectivity index (χ0) is 12.2. The van der Waals surface area contributed by atoms with E-state index in [2.05, 4.69) is 0 Å². The molecule has 0 aromatic carbocycles. The lowest BCUT2D eigenvalue weighted by Crippen LogP contribution is -2.42. The van der Waals surface area contributed by atoms with Crippen molar-refractivity contribution in [2.45, 2.75) is 32.4 Å². The number of nitrogens with zero attached hydrogens (tertiary/aromatic N) is 1. The number of amides is 1. The number of allylic oxidation sites excluding steroid dienone is 2. The predicted molar refractivity (Wildman–Crippen MR) is 54.8 cm³/mol. The molecule has 92 valence electrons. The van der Waals surface area contributed by atoms with Crippen molar-refractivity contribution in [3.05, 3.63) is 12.2 Å². The highest BCUT2D eigenvalue weighted by atomic mass is 19.4. The molecule has 0 saturated carbocycles. The van der Waals surface area contributed by atoms with Crippen molar-refractivity contribution in [2.24, 2.45) is 5.92 Å². The molecule has 0 radical (unpaired) electrons. The Morgan fingerprint density at radius 3 is 2.56 bits per heavy atom. The largest absolute Gasteiger partial charge is 0.406 e. The molecule has 1 aliphatic carbocycles. The molecule has 16 heavy (non-hydrogen) atoms. The van der Waals surface area contributed by atoms with Gasteiger partial charge in [0.2, 0.25) is 5.91 Å². The van der Waals surface area contributed by atoms with Crippen molar-refractivity contribution in [3.8, 4) is 0 Å². The molecule has 2 nitrogen and oxygen atoms in total. The van der Waals surface area contributed by atoms with Crippen LogP contribution in [0.4, 0.5) is 13.2 Å².